The molecule has 0 aromatic heterocycles. The summed E-state index contributed by atoms with van der Waals surface area (Å²) in [6, 6.07) is 12.9. The highest BCUT2D eigenvalue weighted by molar-refractivity contribution is 5.94. The number of ether oxygens (including phenoxy) is 2. The van der Waals surface area contributed by atoms with Crippen molar-refractivity contribution in [1.29, 1.82) is 0 Å². The fourth-order valence-corrected chi connectivity index (χ4v) is 1.84. The summed E-state index contributed by atoms with van der Waals surface area (Å²) in [6.45, 7) is -0.331. The van der Waals surface area contributed by atoms with E-state index >= 15 is 0 Å². The Kier molecular flexibility index (Phi) is 4.98. The first-order valence-electron chi connectivity index (χ1n) is 6.48. The highest BCUT2D eigenvalue weighted by Crippen LogP contribution is 2.23. The van der Waals surface area contributed by atoms with Crippen molar-refractivity contribution in [3.05, 3.63) is 54.1 Å². The smallest absolute Gasteiger partial charge is 0.262 e. The molecule has 0 aliphatic heterocycles. The third-order valence-electron chi connectivity index (χ3n) is 2.85. The van der Waals surface area contributed by atoms with Crippen molar-refractivity contribution >= 4 is 17.6 Å². The van der Waals surface area contributed by atoms with Gasteiger partial charge < -0.3 is 24.7 Å². The number of para-hydroxylation sites is 3. The third-order valence-corrected chi connectivity index (χ3v) is 2.85. The number of carbonyl (C=O) groups excluding carboxylic acids is 2. The van der Waals surface area contributed by atoms with E-state index < -0.39 is 11.9 Å². The number of hydrogen-bond acceptors (Lipinski definition) is 5. The monoisotopic (exact) mass is 300 g/mol. The largest absolute Gasteiger partial charge is 0.545 e. The summed E-state index contributed by atoms with van der Waals surface area (Å²) < 4.78 is 10.4. The fraction of sp³-hybridized carbons (Fsp3) is 0.125. The predicted molar refractivity (Wildman–Crippen MR) is 77.9 cm³/mol. The van der Waals surface area contributed by atoms with Gasteiger partial charge in [-0.05, 0) is 24.3 Å². The molecule has 0 saturated carbocycles. The van der Waals surface area contributed by atoms with Gasteiger partial charge in [0.05, 0.1) is 18.8 Å². The van der Waals surface area contributed by atoms with Gasteiger partial charge in [0.2, 0.25) is 0 Å². The van der Waals surface area contributed by atoms with Crippen molar-refractivity contribution in [2.45, 2.75) is 0 Å². The second-order valence-electron chi connectivity index (χ2n) is 4.32. The molecular formula is C16H14NO5-. The predicted octanol–water partition coefficient (Wildman–Crippen LogP) is 1.08. The summed E-state index contributed by atoms with van der Waals surface area (Å²) in [5, 5.41) is 13.6. The average molecular weight is 300 g/mol. The molecule has 0 saturated heterocycles. The molecule has 2 aromatic rings. The molecule has 2 aromatic carbocycles. The summed E-state index contributed by atoms with van der Waals surface area (Å²) in [5.41, 5.74) is 0.402. The number of rotatable bonds is 6. The maximum absolute atomic E-state index is 11.9. The van der Waals surface area contributed by atoms with Gasteiger partial charge in [0.25, 0.3) is 5.91 Å². The van der Waals surface area contributed by atoms with Crippen molar-refractivity contribution in [3.8, 4) is 11.5 Å². The van der Waals surface area contributed by atoms with E-state index in [-0.39, 0.29) is 17.9 Å². The zero-order chi connectivity index (χ0) is 15.9. The van der Waals surface area contributed by atoms with Crippen LogP contribution < -0.4 is 19.9 Å². The van der Waals surface area contributed by atoms with Crippen LogP contribution in [0.1, 0.15) is 10.4 Å². The number of methoxy groups -OCH3 is 1. The van der Waals surface area contributed by atoms with Crippen molar-refractivity contribution in [1.82, 2.24) is 0 Å². The lowest BCUT2D eigenvalue weighted by Crippen LogP contribution is -2.25. The lowest BCUT2D eigenvalue weighted by molar-refractivity contribution is -0.255. The molecule has 0 heterocycles. The summed E-state index contributed by atoms with van der Waals surface area (Å²) in [5.74, 6) is -1.19. The van der Waals surface area contributed by atoms with Gasteiger partial charge in [-0.25, -0.2) is 0 Å². The van der Waals surface area contributed by atoms with Gasteiger partial charge in [0.15, 0.2) is 6.61 Å². The van der Waals surface area contributed by atoms with Crippen LogP contribution in [0.15, 0.2) is 48.5 Å². The number of carboxylic acid groups (broad SMARTS) is 1. The lowest BCUT2D eigenvalue weighted by Gasteiger charge is -2.13. The minimum Gasteiger partial charge on any atom is -0.545 e. The van der Waals surface area contributed by atoms with Crippen LogP contribution >= 0.6 is 0 Å². The van der Waals surface area contributed by atoms with Crippen LogP contribution in [-0.4, -0.2) is 25.6 Å². The van der Waals surface area contributed by atoms with Crippen LogP contribution in [-0.2, 0) is 4.79 Å². The van der Waals surface area contributed by atoms with Crippen LogP contribution in [0, 0.1) is 0 Å². The van der Waals surface area contributed by atoms with Crippen LogP contribution in [0.5, 0.6) is 11.5 Å². The van der Waals surface area contributed by atoms with Gasteiger partial charge in [-0.3, -0.25) is 4.79 Å². The second kappa shape index (κ2) is 7.12. The molecule has 2 rings (SSSR count). The summed E-state index contributed by atoms with van der Waals surface area (Å²) in [7, 11) is 1.50. The number of aromatic carboxylic acids is 1. The Balaban J connectivity index is 2.00. The molecule has 6 nitrogen and oxygen atoms in total. The SMILES string of the molecule is COc1ccccc1NC(=O)COc1ccccc1C(=O)[O-]. The van der Waals surface area contributed by atoms with E-state index in [0.29, 0.717) is 11.4 Å². The van der Waals surface area contributed by atoms with Crippen LogP contribution in [0.2, 0.25) is 0 Å². The molecule has 0 atom stereocenters. The number of carbonyl (C=O) groups is 2. The minimum absolute atomic E-state index is 0.0812. The number of hydrogen-bond donors (Lipinski definition) is 1. The van der Waals surface area contributed by atoms with Crippen molar-refractivity contribution < 1.29 is 24.2 Å². The summed E-state index contributed by atoms with van der Waals surface area (Å²) in [6.07, 6.45) is 0. The number of amides is 1. The van der Waals surface area contributed by atoms with Crippen LogP contribution in [0.3, 0.4) is 0 Å². The Bertz CT molecular complexity index is 684. The molecule has 114 valence electrons. The summed E-state index contributed by atoms with van der Waals surface area (Å²) >= 11 is 0. The first-order valence-corrected chi connectivity index (χ1v) is 6.48. The average Bonchev–Trinajstić information content (AvgIpc) is 2.53. The standard InChI is InChI=1S/C16H15NO5/c1-21-14-9-5-3-7-12(14)17-15(18)10-22-13-8-4-2-6-11(13)16(19)20/h2-9H,10H2,1H3,(H,17,18)(H,19,20)/p-1. The zero-order valence-electron chi connectivity index (χ0n) is 11.9. The fourth-order valence-electron chi connectivity index (χ4n) is 1.84. The van der Waals surface area contributed by atoms with E-state index in [1.165, 1.54) is 19.2 Å². The summed E-state index contributed by atoms with van der Waals surface area (Å²) in [4.78, 5) is 22.8. The van der Waals surface area contributed by atoms with E-state index in [1.54, 1.807) is 36.4 Å². The molecule has 0 bridgehead atoms. The lowest BCUT2D eigenvalue weighted by atomic mass is 10.2. The van der Waals surface area contributed by atoms with E-state index in [9.17, 15) is 14.7 Å². The van der Waals surface area contributed by atoms with Gasteiger partial charge in [-0.15, -0.1) is 0 Å². The van der Waals surface area contributed by atoms with Crippen LogP contribution in [0.25, 0.3) is 0 Å². The van der Waals surface area contributed by atoms with Crippen LogP contribution in [0.4, 0.5) is 5.69 Å². The molecule has 0 fully saturated rings. The molecule has 1 amide bonds. The molecular weight excluding hydrogens is 286 g/mol. The number of nitrogens with one attached hydrogen (secondary N) is 1. The molecule has 0 unspecified atom stereocenters. The Morgan fingerprint density at radius 2 is 1.68 bits per heavy atom. The van der Waals surface area contributed by atoms with Crippen molar-refractivity contribution in [2.75, 3.05) is 19.0 Å². The molecule has 0 spiro atoms. The van der Waals surface area contributed by atoms with E-state index in [2.05, 4.69) is 5.32 Å². The second-order valence-corrected chi connectivity index (χ2v) is 4.32. The van der Waals surface area contributed by atoms with E-state index in [0.717, 1.165) is 0 Å². The van der Waals surface area contributed by atoms with Gasteiger partial charge in [0.1, 0.15) is 11.5 Å². The number of anilines is 1. The Hall–Kier alpha value is -3.02. The Labute approximate surface area is 127 Å². The number of benzene rings is 2. The molecule has 0 aliphatic carbocycles. The Morgan fingerprint density at radius 3 is 2.36 bits per heavy atom. The quantitative estimate of drug-likeness (QED) is 0.862. The van der Waals surface area contributed by atoms with Gasteiger partial charge in [0, 0.05) is 5.56 Å². The van der Waals surface area contributed by atoms with E-state index in [1.807, 2.05) is 0 Å². The minimum atomic E-state index is -1.36. The zero-order valence-corrected chi connectivity index (χ0v) is 11.9. The molecule has 6 heteroatoms. The highest BCUT2D eigenvalue weighted by atomic mass is 16.5. The van der Waals surface area contributed by atoms with Crippen molar-refractivity contribution in [3.63, 3.8) is 0 Å². The number of carboxylic acids is 1. The van der Waals surface area contributed by atoms with Gasteiger partial charge in [-0.1, -0.05) is 24.3 Å². The van der Waals surface area contributed by atoms with Gasteiger partial charge in [-0.2, -0.15) is 0 Å². The maximum atomic E-state index is 11.9. The first kappa shape index (κ1) is 15.4. The molecule has 1 N–H and O–H groups in total. The van der Waals surface area contributed by atoms with Crippen molar-refractivity contribution in [2.24, 2.45) is 0 Å². The first-order chi connectivity index (χ1) is 10.6. The molecule has 22 heavy (non-hydrogen) atoms. The highest BCUT2D eigenvalue weighted by Gasteiger charge is 2.09. The topological polar surface area (TPSA) is 87.7 Å². The van der Waals surface area contributed by atoms with Gasteiger partial charge >= 0.3 is 0 Å². The Morgan fingerprint density at radius 1 is 1.05 bits per heavy atom. The van der Waals surface area contributed by atoms with E-state index in [4.69, 9.17) is 9.47 Å². The molecule has 0 aliphatic rings. The maximum Gasteiger partial charge on any atom is 0.262 e. The normalized spacial score (nSPS) is 9.86. The third kappa shape index (κ3) is 3.76. The molecule has 0 radical (unpaired) electrons.